The number of hydrogen-bond donors (Lipinski definition) is 1. The molecule has 0 saturated carbocycles. The maximum Gasteiger partial charge on any atom is 0.242 e. The number of anilines is 1. The number of benzene rings is 2. The Hall–Kier alpha value is -2.37. The third kappa shape index (κ3) is 6.31. The van der Waals surface area contributed by atoms with E-state index in [-0.39, 0.29) is 5.91 Å². The summed E-state index contributed by atoms with van der Waals surface area (Å²) in [5, 5.41) is 3.45. The van der Waals surface area contributed by atoms with Crippen molar-refractivity contribution in [1.82, 2.24) is 14.7 Å². The van der Waals surface area contributed by atoms with Crippen molar-refractivity contribution in [2.24, 2.45) is 0 Å². The molecule has 2 aromatic rings. The molecule has 2 aromatic carbocycles. The molecule has 162 valence electrons. The van der Waals surface area contributed by atoms with E-state index in [0.717, 1.165) is 51.3 Å². The standard InChI is InChI=1S/C25H36N4O/c1-4-28-17-14-22-12-8-13-24(23(22)20-28)26-18-25(30)29(16-9-15-27(2)3)19-21-10-6-5-7-11-21/h5-8,10-13,26H,4,9,14-20H2,1-3H3. The van der Waals surface area contributed by atoms with Gasteiger partial charge in [-0.3, -0.25) is 9.69 Å². The quantitative estimate of drug-likeness (QED) is 0.654. The Bertz CT molecular complexity index is 806. The van der Waals surface area contributed by atoms with Crippen LogP contribution in [-0.4, -0.2) is 67.4 Å². The van der Waals surface area contributed by atoms with Crippen LogP contribution in [0.2, 0.25) is 0 Å². The Morgan fingerprint density at radius 1 is 1.07 bits per heavy atom. The monoisotopic (exact) mass is 408 g/mol. The zero-order valence-corrected chi connectivity index (χ0v) is 18.7. The summed E-state index contributed by atoms with van der Waals surface area (Å²) < 4.78 is 0. The number of nitrogens with one attached hydrogen (secondary N) is 1. The fourth-order valence-electron chi connectivity index (χ4n) is 4.03. The fraction of sp³-hybridized carbons (Fsp3) is 0.480. The molecule has 5 nitrogen and oxygen atoms in total. The molecule has 1 heterocycles. The normalized spacial score (nSPS) is 13.9. The van der Waals surface area contributed by atoms with Gasteiger partial charge in [0.2, 0.25) is 5.91 Å². The van der Waals surface area contributed by atoms with Crippen LogP contribution < -0.4 is 5.32 Å². The Labute approximate surface area is 181 Å². The van der Waals surface area contributed by atoms with Crippen molar-refractivity contribution >= 4 is 11.6 Å². The van der Waals surface area contributed by atoms with Gasteiger partial charge in [0, 0.05) is 31.9 Å². The molecule has 1 N–H and O–H groups in total. The largest absolute Gasteiger partial charge is 0.376 e. The lowest BCUT2D eigenvalue weighted by Gasteiger charge is -2.30. The number of nitrogens with zero attached hydrogens (tertiary/aromatic N) is 3. The molecule has 0 radical (unpaired) electrons. The van der Waals surface area contributed by atoms with Crippen LogP contribution in [0.15, 0.2) is 48.5 Å². The van der Waals surface area contributed by atoms with Gasteiger partial charge in [0.25, 0.3) is 0 Å². The number of carbonyl (C=O) groups is 1. The van der Waals surface area contributed by atoms with E-state index in [1.165, 1.54) is 16.7 Å². The third-order valence-corrected chi connectivity index (χ3v) is 5.83. The molecule has 0 fully saturated rings. The summed E-state index contributed by atoms with van der Waals surface area (Å²) in [4.78, 5) is 19.7. The molecule has 0 atom stereocenters. The Morgan fingerprint density at radius 3 is 2.60 bits per heavy atom. The van der Waals surface area contributed by atoms with E-state index in [1.807, 2.05) is 23.1 Å². The van der Waals surface area contributed by atoms with E-state index in [2.05, 4.69) is 66.5 Å². The Morgan fingerprint density at radius 2 is 1.87 bits per heavy atom. The average molecular weight is 409 g/mol. The van der Waals surface area contributed by atoms with Gasteiger partial charge >= 0.3 is 0 Å². The third-order valence-electron chi connectivity index (χ3n) is 5.83. The fourth-order valence-corrected chi connectivity index (χ4v) is 4.03. The molecule has 1 aliphatic rings. The van der Waals surface area contributed by atoms with Gasteiger partial charge in [0.15, 0.2) is 0 Å². The molecule has 0 aromatic heterocycles. The number of hydrogen-bond acceptors (Lipinski definition) is 4. The van der Waals surface area contributed by atoms with Crippen LogP contribution in [0, 0.1) is 0 Å². The Balaban J connectivity index is 1.65. The van der Waals surface area contributed by atoms with Gasteiger partial charge in [-0.25, -0.2) is 0 Å². The van der Waals surface area contributed by atoms with Crippen LogP contribution in [0.25, 0.3) is 0 Å². The lowest BCUT2D eigenvalue weighted by Crippen LogP contribution is -2.37. The topological polar surface area (TPSA) is 38.8 Å². The summed E-state index contributed by atoms with van der Waals surface area (Å²) in [7, 11) is 4.14. The number of carbonyl (C=O) groups excluding carboxylic acids is 1. The lowest BCUT2D eigenvalue weighted by atomic mass is 9.98. The van der Waals surface area contributed by atoms with Crippen LogP contribution in [0.4, 0.5) is 5.69 Å². The first-order valence-corrected chi connectivity index (χ1v) is 11.1. The summed E-state index contributed by atoms with van der Waals surface area (Å²) >= 11 is 0. The summed E-state index contributed by atoms with van der Waals surface area (Å²) in [6, 6.07) is 16.7. The predicted octanol–water partition coefficient (Wildman–Crippen LogP) is 3.46. The second kappa shape index (κ2) is 11.1. The highest BCUT2D eigenvalue weighted by Crippen LogP contribution is 2.26. The van der Waals surface area contributed by atoms with Crippen molar-refractivity contribution in [2.45, 2.75) is 32.9 Å². The molecule has 0 bridgehead atoms. The van der Waals surface area contributed by atoms with Crippen LogP contribution in [0.5, 0.6) is 0 Å². The minimum Gasteiger partial charge on any atom is -0.376 e. The number of likely N-dealkylation sites (N-methyl/N-ethyl adjacent to an activating group) is 1. The average Bonchev–Trinajstić information content (AvgIpc) is 2.76. The number of amides is 1. The van der Waals surface area contributed by atoms with Crippen molar-refractivity contribution < 1.29 is 4.79 Å². The van der Waals surface area contributed by atoms with Gasteiger partial charge in [-0.2, -0.15) is 0 Å². The first kappa shape index (κ1) is 22.3. The number of rotatable bonds is 10. The van der Waals surface area contributed by atoms with E-state index < -0.39 is 0 Å². The molecule has 30 heavy (non-hydrogen) atoms. The van der Waals surface area contributed by atoms with Gasteiger partial charge in [0.05, 0.1) is 6.54 Å². The Kier molecular flexibility index (Phi) is 8.29. The summed E-state index contributed by atoms with van der Waals surface area (Å²) in [6.45, 7) is 8.07. The van der Waals surface area contributed by atoms with Crippen LogP contribution in [0.3, 0.4) is 0 Å². The maximum atomic E-state index is 13.1. The van der Waals surface area contributed by atoms with E-state index in [1.54, 1.807) is 0 Å². The van der Waals surface area contributed by atoms with E-state index >= 15 is 0 Å². The zero-order chi connectivity index (χ0) is 21.3. The molecular formula is C25H36N4O. The van der Waals surface area contributed by atoms with E-state index in [4.69, 9.17) is 0 Å². The van der Waals surface area contributed by atoms with Crippen LogP contribution in [0.1, 0.15) is 30.0 Å². The van der Waals surface area contributed by atoms with E-state index in [0.29, 0.717) is 13.1 Å². The molecule has 1 aliphatic heterocycles. The first-order valence-electron chi connectivity index (χ1n) is 11.1. The van der Waals surface area contributed by atoms with Gasteiger partial charge in [-0.1, -0.05) is 49.4 Å². The molecule has 0 unspecified atom stereocenters. The summed E-state index contributed by atoms with van der Waals surface area (Å²) in [5.74, 6) is 0.151. The van der Waals surface area contributed by atoms with E-state index in [9.17, 15) is 4.79 Å². The number of fused-ring (bicyclic) bond motifs is 1. The highest BCUT2D eigenvalue weighted by Gasteiger charge is 2.19. The predicted molar refractivity (Wildman–Crippen MR) is 125 cm³/mol. The minimum atomic E-state index is 0.151. The van der Waals surface area contributed by atoms with Crippen molar-refractivity contribution in [2.75, 3.05) is 52.1 Å². The molecule has 1 amide bonds. The maximum absolute atomic E-state index is 13.1. The smallest absolute Gasteiger partial charge is 0.242 e. The molecular weight excluding hydrogens is 372 g/mol. The first-order chi connectivity index (χ1) is 14.6. The van der Waals surface area contributed by atoms with Gasteiger partial charge in [-0.05, 0) is 62.8 Å². The van der Waals surface area contributed by atoms with Crippen molar-refractivity contribution in [3.05, 3.63) is 65.2 Å². The summed E-state index contributed by atoms with van der Waals surface area (Å²) in [5.41, 5.74) is 5.03. The van der Waals surface area contributed by atoms with Crippen molar-refractivity contribution in [3.8, 4) is 0 Å². The summed E-state index contributed by atoms with van der Waals surface area (Å²) in [6.07, 6.45) is 2.05. The SMILES string of the molecule is CCN1CCc2cccc(NCC(=O)N(CCCN(C)C)Cc3ccccc3)c2C1. The highest BCUT2D eigenvalue weighted by molar-refractivity contribution is 5.81. The van der Waals surface area contributed by atoms with Crippen LogP contribution >= 0.6 is 0 Å². The molecule has 3 rings (SSSR count). The zero-order valence-electron chi connectivity index (χ0n) is 18.7. The second-order valence-electron chi connectivity index (χ2n) is 8.37. The van der Waals surface area contributed by atoms with Crippen molar-refractivity contribution in [3.63, 3.8) is 0 Å². The van der Waals surface area contributed by atoms with Gasteiger partial charge < -0.3 is 15.1 Å². The lowest BCUT2D eigenvalue weighted by molar-refractivity contribution is -0.130. The molecule has 0 saturated heterocycles. The molecule has 5 heteroatoms. The highest BCUT2D eigenvalue weighted by atomic mass is 16.2. The minimum absolute atomic E-state index is 0.151. The van der Waals surface area contributed by atoms with Gasteiger partial charge in [-0.15, -0.1) is 0 Å². The van der Waals surface area contributed by atoms with Gasteiger partial charge in [0.1, 0.15) is 0 Å². The molecule has 0 aliphatic carbocycles. The van der Waals surface area contributed by atoms with Crippen molar-refractivity contribution in [1.29, 1.82) is 0 Å². The van der Waals surface area contributed by atoms with Crippen LogP contribution in [-0.2, 0) is 24.3 Å². The molecule has 0 spiro atoms. The second-order valence-corrected chi connectivity index (χ2v) is 8.37.